The van der Waals surface area contributed by atoms with E-state index in [-0.39, 0.29) is 24.0 Å². The third-order valence-corrected chi connectivity index (χ3v) is 3.12. The minimum absolute atomic E-state index is 0. The van der Waals surface area contributed by atoms with Crippen molar-refractivity contribution in [1.82, 2.24) is 10.6 Å². The lowest BCUT2D eigenvalue weighted by molar-refractivity contribution is 0.0468. The summed E-state index contributed by atoms with van der Waals surface area (Å²) in [4.78, 5) is 4.12. The zero-order valence-corrected chi connectivity index (χ0v) is 14.0. The normalized spacial score (nSPS) is 17.8. The third-order valence-electron chi connectivity index (χ3n) is 3.12. The van der Waals surface area contributed by atoms with Crippen LogP contribution in [0.3, 0.4) is 0 Å². The van der Waals surface area contributed by atoms with Gasteiger partial charge < -0.3 is 15.4 Å². The van der Waals surface area contributed by atoms with Crippen LogP contribution < -0.4 is 10.6 Å². The monoisotopic (exact) mass is 369 g/mol. The van der Waals surface area contributed by atoms with Crippen LogP contribution in [0.2, 0.25) is 0 Å². The van der Waals surface area contributed by atoms with Gasteiger partial charge in [-0.15, -0.1) is 24.0 Å². The number of aliphatic imine (C=N–C) groups is 1. The maximum Gasteiger partial charge on any atom is 0.191 e. The second-order valence-corrected chi connectivity index (χ2v) is 4.51. The van der Waals surface area contributed by atoms with E-state index in [1.807, 2.05) is 0 Å². The molecule has 1 aliphatic rings. The van der Waals surface area contributed by atoms with E-state index in [2.05, 4.69) is 22.5 Å². The fourth-order valence-electron chi connectivity index (χ4n) is 2.19. The van der Waals surface area contributed by atoms with Gasteiger partial charge in [0.05, 0.1) is 12.7 Å². The molecule has 1 rings (SSSR count). The zero-order chi connectivity index (χ0) is 12.3. The smallest absolute Gasteiger partial charge is 0.191 e. The van der Waals surface area contributed by atoms with Crippen LogP contribution in [0.5, 0.6) is 0 Å². The van der Waals surface area contributed by atoms with Gasteiger partial charge in [-0.3, -0.25) is 4.99 Å². The van der Waals surface area contributed by atoms with Crippen LogP contribution in [0.1, 0.15) is 45.4 Å². The Morgan fingerprint density at radius 3 is 2.39 bits per heavy atom. The number of hydrogen-bond acceptors (Lipinski definition) is 2. The van der Waals surface area contributed by atoms with Gasteiger partial charge in [-0.05, 0) is 19.8 Å². The topological polar surface area (TPSA) is 45.7 Å². The average Bonchev–Trinajstić information content (AvgIpc) is 2.61. The Kier molecular flexibility index (Phi) is 12.0. The second-order valence-electron chi connectivity index (χ2n) is 4.51. The number of nitrogens with one attached hydrogen (secondary N) is 2. The molecule has 1 saturated carbocycles. The Morgan fingerprint density at radius 2 is 1.83 bits per heavy atom. The highest BCUT2D eigenvalue weighted by Crippen LogP contribution is 2.19. The minimum atomic E-state index is 0. The van der Waals surface area contributed by atoms with E-state index in [0.29, 0.717) is 6.10 Å². The molecule has 18 heavy (non-hydrogen) atoms. The molecule has 0 unspecified atom stereocenters. The van der Waals surface area contributed by atoms with Gasteiger partial charge in [-0.2, -0.15) is 0 Å². The number of rotatable bonds is 5. The Labute approximate surface area is 128 Å². The summed E-state index contributed by atoms with van der Waals surface area (Å²) in [7, 11) is 1.79. The molecule has 0 aromatic carbocycles. The van der Waals surface area contributed by atoms with E-state index in [0.717, 1.165) is 25.7 Å². The minimum Gasteiger partial charge on any atom is -0.376 e. The van der Waals surface area contributed by atoms with Crippen molar-refractivity contribution in [1.29, 1.82) is 0 Å². The summed E-state index contributed by atoms with van der Waals surface area (Å²) in [5.41, 5.74) is 0. The molecule has 0 heterocycles. The maximum atomic E-state index is 5.89. The Hall–Kier alpha value is -0.0400. The van der Waals surface area contributed by atoms with Crippen molar-refractivity contribution in [2.45, 2.75) is 51.6 Å². The fourth-order valence-corrected chi connectivity index (χ4v) is 2.19. The highest BCUT2D eigenvalue weighted by Gasteiger charge is 2.11. The summed E-state index contributed by atoms with van der Waals surface area (Å²) >= 11 is 0. The van der Waals surface area contributed by atoms with Gasteiger partial charge >= 0.3 is 0 Å². The third kappa shape index (κ3) is 8.13. The van der Waals surface area contributed by atoms with Gasteiger partial charge in [-0.25, -0.2) is 0 Å². The molecule has 0 aromatic rings. The highest BCUT2D eigenvalue weighted by molar-refractivity contribution is 14.0. The molecule has 4 nitrogen and oxygen atoms in total. The summed E-state index contributed by atoms with van der Waals surface area (Å²) in [6.07, 6.45) is 8.38. The van der Waals surface area contributed by atoms with Crippen molar-refractivity contribution in [2.75, 3.05) is 26.7 Å². The Morgan fingerprint density at radius 1 is 1.17 bits per heavy atom. The molecule has 1 aliphatic carbocycles. The summed E-state index contributed by atoms with van der Waals surface area (Å²) in [5.74, 6) is 0.858. The van der Waals surface area contributed by atoms with Gasteiger partial charge in [0.15, 0.2) is 5.96 Å². The number of nitrogens with zero attached hydrogens (tertiary/aromatic N) is 1. The van der Waals surface area contributed by atoms with Gasteiger partial charge in [0.25, 0.3) is 0 Å². The fraction of sp³-hybridized carbons (Fsp3) is 0.923. The van der Waals surface area contributed by atoms with E-state index in [1.54, 1.807) is 7.05 Å². The first-order valence-corrected chi connectivity index (χ1v) is 6.93. The predicted molar refractivity (Wildman–Crippen MR) is 87.9 cm³/mol. The SMILES string of the molecule is CCNC(=NC)NCCOC1CCCCCC1.I. The van der Waals surface area contributed by atoms with Crippen LogP contribution in [0, 0.1) is 0 Å². The molecule has 0 spiro atoms. The largest absolute Gasteiger partial charge is 0.376 e. The standard InChI is InChI=1S/C13H27N3O.HI/c1-3-15-13(14-2)16-10-11-17-12-8-6-4-5-7-9-12;/h12H,3-11H2,1-2H3,(H2,14,15,16);1H. The van der Waals surface area contributed by atoms with E-state index in [1.165, 1.54) is 38.5 Å². The molecule has 0 bridgehead atoms. The lowest BCUT2D eigenvalue weighted by Gasteiger charge is -2.16. The molecule has 0 atom stereocenters. The van der Waals surface area contributed by atoms with E-state index in [9.17, 15) is 0 Å². The molecule has 0 aliphatic heterocycles. The summed E-state index contributed by atoms with van der Waals surface area (Å²) < 4.78 is 5.89. The quantitative estimate of drug-likeness (QED) is 0.257. The number of hydrogen-bond donors (Lipinski definition) is 2. The first-order chi connectivity index (χ1) is 8.36. The summed E-state index contributed by atoms with van der Waals surface area (Å²) in [5, 5.41) is 6.40. The molecule has 108 valence electrons. The van der Waals surface area contributed by atoms with E-state index >= 15 is 0 Å². The molecular weight excluding hydrogens is 341 g/mol. The summed E-state index contributed by atoms with van der Waals surface area (Å²) in [6, 6.07) is 0. The number of halogens is 1. The molecule has 1 fully saturated rings. The van der Waals surface area contributed by atoms with Crippen LogP contribution in [0.4, 0.5) is 0 Å². The lowest BCUT2D eigenvalue weighted by atomic mass is 10.1. The van der Waals surface area contributed by atoms with Crippen LogP contribution in [0.25, 0.3) is 0 Å². The van der Waals surface area contributed by atoms with Gasteiger partial charge in [0.2, 0.25) is 0 Å². The van der Waals surface area contributed by atoms with Gasteiger partial charge in [-0.1, -0.05) is 25.7 Å². The van der Waals surface area contributed by atoms with E-state index in [4.69, 9.17) is 4.74 Å². The van der Waals surface area contributed by atoms with Crippen molar-refractivity contribution in [3.8, 4) is 0 Å². The molecule has 0 radical (unpaired) electrons. The van der Waals surface area contributed by atoms with Crippen molar-refractivity contribution < 1.29 is 4.74 Å². The lowest BCUT2D eigenvalue weighted by Crippen LogP contribution is -2.39. The van der Waals surface area contributed by atoms with Crippen molar-refractivity contribution >= 4 is 29.9 Å². The maximum absolute atomic E-state index is 5.89. The molecule has 5 heteroatoms. The van der Waals surface area contributed by atoms with Gasteiger partial charge in [0, 0.05) is 20.1 Å². The molecule has 0 saturated heterocycles. The second kappa shape index (κ2) is 12.0. The van der Waals surface area contributed by atoms with Gasteiger partial charge in [0.1, 0.15) is 0 Å². The number of guanidine groups is 1. The van der Waals surface area contributed by atoms with Crippen molar-refractivity contribution in [3.05, 3.63) is 0 Å². The Balaban J connectivity index is 0.00000289. The molecular formula is C13H28IN3O. The zero-order valence-electron chi connectivity index (χ0n) is 11.7. The predicted octanol–water partition coefficient (Wildman–Crippen LogP) is 2.53. The summed E-state index contributed by atoms with van der Waals surface area (Å²) in [6.45, 7) is 4.56. The van der Waals surface area contributed by atoms with E-state index < -0.39 is 0 Å². The van der Waals surface area contributed by atoms with Crippen LogP contribution in [-0.4, -0.2) is 38.8 Å². The molecule has 0 amide bonds. The van der Waals surface area contributed by atoms with Crippen LogP contribution >= 0.6 is 24.0 Å². The number of ether oxygens (including phenoxy) is 1. The first-order valence-electron chi connectivity index (χ1n) is 6.93. The Bertz CT molecular complexity index is 216. The first kappa shape index (κ1) is 18.0. The molecule has 0 aromatic heterocycles. The highest BCUT2D eigenvalue weighted by atomic mass is 127. The van der Waals surface area contributed by atoms with Crippen molar-refractivity contribution in [2.24, 2.45) is 4.99 Å². The molecule has 2 N–H and O–H groups in total. The van der Waals surface area contributed by atoms with Crippen LogP contribution in [0.15, 0.2) is 4.99 Å². The average molecular weight is 369 g/mol. The van der Waals surface area contributed by atoms with Crippen LogP contribution in [-0.2, 0) is 4.74 Å². The van der Waals surface area contributed by atoms with Crippen molar-refractivity contribution in [3.63, 3.8) is 0 Å².